The zero-order valence-corrected chi connectivity index (χ0v) is 10.5. The van der Waals surface area contributed by atoms with Crippen LogP contribution in [0.5, 0.6) is 5.75 Å². The number of hydrogen-bond donors (Lipinski definition) is 1. The number of aliphatic hydroxyl groups excluding tert-OH is 1. The fourth-order valence-electron chi connectivity index (χ4n) is 2.19. The van der Waals surface area contributed by atoms with Crippen LogP contribution in [-0.2, 0) is 6.18 Å². The maximum Gasteiger partial charge on any atom is 0.416 e. The summed E-state index contributed by atoms with van der Waals surface area (Å²) in [6, 6.07) is 4.65. The third kappa shape index (κ3) is 3.62. The first-order valence-corrected chi connectivity index (χ1v) is 6.41. The molecule has 2 nitrogen and oxygen atoms in total. The summed E-state index contributed by atoms with van der Waals surface area (Å²) in [5, 5.41) is 9.26. The van der Waals surface area contributed by atoms with Gasteiger partial charge in [0.25, 0.3) is 0 Å². The Kier molecular flexibility index (Phi) is 4.34. The lowest BCUT2D eigenvalue weighted by Crippen LogP contribution is -2.29. The maximum atomic E-state index is 12.4. The molecule has 1 aliphatic carbocycles. The van der Waals surface area contributed by atoms with Gasteiger partial charge in [-0.1, -0.05) is 6.42 Å². The molecule has 0 amide bonds. The second-order valence-corrected chi connectivity index (χ2v) is 4.97. The summed E-state index contributed by atoms with van der Waals surface area (Å²) in [4.78, 5) is 0. The third-order valence-corrected chi connectivity index (χ3v) is 3.70. The van der Waals surface area contributed by atoms with Crippen LogP contribution in [0.25, 0.3) is 0 Å². The highest BCUT2D eigenvalue weighted by Crippen LogP contribution is 2.34. The van der Waals surface area contributed by atoms with Gasteiger partial charge < -0.3 is 9.84 Å². The van der Waals surface area contributed by atoms with Gasteiger partial charge in [-0.15, -0.1) is 0 Å². The van der Waals surface area contributed by atoms with Crippen molar-refractivity contribution in [1.82, 2.24) is 0 Å². The first kappa shape index (κ1) is 14.2. The highest BCUT2D eigenvalue weighted by atomic mass is 19.4. The normalized spacial score (nSPS) is 17.9. The SMILES string of the molecule is OCC(COc1ccc(C(F)(F)F)cc1)C1CCC1. The van der Waals surface area contributed by atoms with E-state index < -0.39 is 11.7 Å². The van der Waals surface area contributed by atoms with Gasteiger partial charge in [0.05, 0.1) is 12.2 Å². The molecule has 0 aromatic heterocycles. The van der Waals surface area contributed by atoms with E-state index in [0.29, 0.717) is 18.3 Å². The molecular formula is C14H17F3O2. The molecule has 1 saturated carbocycles. The van der Waals surface area contributed by atoms with Crippen molar-refractivity contribution in [3.63, 3.8) is 0 Å². The van der Waals surface area contributed by atoms with Gasteiger partial charge in [0.1, 0.15) is 5.75 Å². The Morgan fingerprint density at radius 1 is 1.21 bits per heavy atom. The van der Waals surface area contributed by atoms with E-state index in [-0.39, 0.29) is 12.5 Å². The lowest BCUT2D eigenvalue weighted by atomic mass is 9.76. The molecule has 19 heavy (non-hydrogen) atoms. The summed E-state index contributed by atoms with van der Waals surface area (Å²) in [6.45, 7) is 0.415. The van der Waals surface area contributed by atoms with Crippen molar-refractivity contribution in [2.24, 2.45) is 11.8 Å². The minimum Gasteiger partial charge on any atom is -0.493 e. The van der Waals surface area contributed by atoms with Gasteiger partial charge in [0.2, 0.25) is 0 Å². The lowest BCUT2D eigenvalue weighted by Gasteiger charge is -2.32. The van der Waals surface area contributed by atoms with Gasteiger partial charge in [-0.2, -0.15) is 13.2 Å². The van der Waals surface area contributed by atoms with Gasteiger partial charge in [-0.05, 0) is 43.0 Å². The standard InChI is InChI=1S/C14H17F3O2/c15-14(16,17)12-4-6-13(7-5-12)19-9-11(8-18)10-2-1-3-10/h4-7,10-11,18H,1-3,8-9H2. The fraction of sp³-hybridized carbons (Fsp3) is 0.571. The molecule has 0 aliphatic heterocycles. The smallest absolute Gasteiger partial charge is 0.416 e. The van der Waals surface area contributed by atoms with Crippen LogP contribution in [0.15, 0.2) is 24.3 Å². The van der Waals surface area contributed by atoms with E-state index in [2.05, 4.69) is 0 Å². The highest BCUT2D eigenvalue weighted by molar-refractivity contribution is 5.28. The molecule has 0 radical (unpaired) electrons. The fourth-order valence-corrected chi connectivity index (χ4v) is 2.19. The van der Waals surface area contributed by atoms with E-state index in [1.54, 1.807) is 0 Å². The van der Waals surface area contributed by atoms with E-state index >= 15 is 0 Å². The van der Waals surface area contributed by atoms with E-state index in [9.17, 15) is 18.3 Å². The minimum atomic E-state index is -4.32. The molecule has 0 saturated heterocycles. The Labute approximate surface area is 110 Å². The molecule has 106 valence electrons. The van der Waals surface area contributed by atoms with Gasteiger partial charge in [-0.25, -0.2) is 0 Å². The Bertz CT molecular complexity index is 396. The lowest BCUT2D eigenvalue weighted by molar-refractivity contribution is -0.137. The van der Waals surface area contributed by atoms with Crippen molar-refractivity contribution in [3.8, 4) is 5.75 Å². The quantitative estimate of drug-likeness (QED) is 0.890. The van der Waals surface area contributed by atoms with Crippen molar-refractivity contribution in [2.45, 2.75) is 25.4 Å². The van der Waals surface area contributed by atoms with Crippen molar-refractivity contribution >= 4 is 0 Å². The molecule has 2 rings (SSSR count). The Morgan fingerprint density at radius 2 is 1.84 bits per heavy atom. The number of hydrogen-bond acceptors (Lipinski definition) is 2. The zero-order valence-electron chi connectivity index (χ0n) is 10.5. The van der Waals surface area contributed by atoms with Crippen molar-refractivity contribution in [3.05, 3.63) is 29.8 Å². The Balaban J connectivity index is 1.88. The van der Waals surface area contributed by atoms with Crippen molar-refractivity contribution in [2.75, 3.05) is 13.2 Å². The minimum absolute atomic E-state index is 0.0608. The van der Waals surface area contributed by atoms with Crippen molar-refractivity contribution in [1.29, 1.82) is 0 Å². The first-order valence-electron chi connectivity index (χ1n) is 6.41. The van der Waals surface area contributed by atoms with E-state index in [0.717, 1.165) is 25.0 Å². The first-order chi connectivity index (χ1) is 9.00. The van der Waals surface area contributed by atoms with Crippen LogP contribution in [0.4, 0.5) is 13.2 Å². The average Bonchev–Trinajstić information content (AvgIpc) is 2.31. The summed E-state index contributed by atoms with van der Waals surface area (Å²) in [6.07, 6.45) is -0.942. The number of benzene rings is 1. The summed E-state index contributed by atoms with van der Waals surface area (Å²) >= 11 is 0. The van der Waals surface area contributed by atoms with Crippen LogP contribution < -0.4 is 4.74 Å². The molecule has 1 aromatic carbocycles. The number of ether oxygens (including phenoxy) is 1. The number of alkyl halides is 3. The predicted molar refractivity (Wildman–Crippen MR) is 64.9 cm³/mol. The molecule has 5 heteroatoms. The zero-order chi connectivity index (χ0) is 13.9. The molecule has 1 aromatic rings. The van der Waals surface area contributed by atoms with E-state index in [1.165, 1.54) is 18.6 Å². The predicted octanol–water partition coefficient (Wildman–Crippen LogP) is 3.49. The topological polar surface area (TPSA) is 29.5 Å². The average molecular weight is 274 g/mol. The van der Waals surface area contributed by atoms with Gasteiger partial charge >= 0.3 is 6.18 Å². The van der Waals surface area contributed by atoms with Crippen LogP contribution in [-0.4, -0.2) is 18.3 Å². The molecule has 0 heterocycles. The highest BCUT2D eigenvalue weighted by Gasteiger charge is 2.30. The molecule has 1 fully saturated rings. The summed E-state index contributed by atoms with van der Waals surface area (Å²) in [5.41, 5.74) is -0.683. The van der Waals surface area contributed by atoms with E-state index in [4.69, 9.17) is 4.74 Å². The molecule has 1 N–H and O–H groups in total. The molecule has 1 unspecified atom stereocenters. The summed E-state index contributed by atoms with van der Waals surface area (Å²) in [5.74, 6) is 0.973. The number of aliphatic hydroxyl groups is 1. The molecule has 0 bridgehead atoms. The Hall–Kier alpha value is -1.23. The number of rotatable bonds is 5. The van der Waals surface area contributed by atoms with Crippen LogP contribution in [0.3, 0.4) is 0 Å². The Morgan fingerprint density at radius 3 is 2.26 bits per heavy atom. The number of halogens is 3. The second-order valence-electron chi connectivity index (χ2n) is 4.97. The summed E-state index contributed by atoms with van der Waals surface area (Å²) in [7, 11) is 0. The van der Waals surface area contributed by atoms with Crippen molar-refractivity contribution < 1.29 is 23.0 Å². The van der Waals surface area contributed by atoms with E-state index in [1.807, 2.05) is 0 Å². The van der Waals surface area contributed by atoms with Crippen LogP contribution in [0, 0.1) is 11.8 Å². The molecule has 1 aliphatic rings. The third-order valence-electron chi connectivity index (χ3n) is 3.70. The molecular weight excluding hydrogens is 257 g/mol. The summed E-state index contributed by atoms with van der Waals surface area (Å²) < 4.78 is 42.6. The van der Waals surface area contributed by atoms with Crippen LogP contribution >= 0.6 is 0 Å². The molecule has 1 atom stereocenters. The molecule has 0 spiro atoms. The maximum absolute atomic E-state index is 12.4. The van der Waals surface area contributed by atoms with Crippen LogP contribution in [0.1, 0.15) is 24.8 Å². The monoisotopic (exact) mass is 274 g/mol. The van der Waals surface area contributed by atoms with Crippen LogP contribution in [0.2, 0.25) is 0 Å². The second kappa shape index (κ2) is 5.82. The van der Waals surface area contributed by atoms with Gasteiger partial charge in [0, 0.05) is 12.5 Å². The van der Waals surface area contributed by atoms with Gasteiger partial charge in [0.15, 0.2) is 0 Å². The largest absolute Gasteiger partial charge is 0.493 e. The van der Waals surface area contributed by atoms with Gasteiger partial charge in [-0.3, -0.25) is 0 Å².